The molecule has 1 heterocycles. The van der Waals surface area contributed by atoms with Gasteiger partial charge in [-0.1, -0.05) is 60.1 Å². The minimum atomic E-state index is -1.15. The van der Waals surface area contributed by atoms with Crippen molar-refractivity contribution in [2.45, 2.75) is 12.8 Å². The maximum atomic E-state index is 13.1. The molecule has 0 bridgehead atoms. The van der Waals surface area contributed by atoms with E-state index in [1.165, 1.54) is 0 Å². The number of fused-ring (bicyclic) bond motifs is 1. The van der Waals surface area contributed by atoms with Gasteiger partial charge in [0.05, 0.1) is 17.0 Å². The first-order valence-corrected chi connectivity index (χ1v) is 10.8. The van der Waals surface area contributed by atoms with Crippen LogP contribution in [0.4, 0.5) is 0 Å². The minimum absolute atomic E-state index is 0.0182. The van der Waals surface area contributed by atoms with Crippen LogP contribution < -0.4 is 0 Å². The topological polar surface area (TPSA) is 91.8 Å². The van der Waals surface area contributed by atoms with E-state index in [1.54, 1.807) is 72.8 Å². The quantitative estimate of drug-likeness (QED) is 0.378. The van der Waals surface area contributed by atoms with E-state index < -0.39 is 23.7 Å². The Labute approximate surface area is 195 Å². The van der Waals surface area contributed by atoms with Gasteiger partial charge in [0, 0.05) is 23.6 Å². The molecular weight excluding hydrogens is 442 g/mol. The van der Waals surface area contributed by atoms with Crippen LogP contribution in [0.25, 0.3) is 11.1 Å². The summed E-state index contributed by atoms with van der Waals surface area (Å²) in [5, 5.41) is 10.3. The van der Waals surface area contributed by atoms with Gasteiger partial charge < -0.3 is 5.11 Å². The molecule has 1 unspecified atom stereocenters. The van der Waals surface area contributed by atoms with Crippen LogP contribution >= 0.6 is 11.6 Å². The smallest absolute Gasteiger partial charge is 0.307 e. The Bertz CT molecular complexity index is 1220. The van der Waals surface area contributed by atoms with Crippen LogP contribution in [0, 0.1) is 5.92 Å². The van der Waals surface area contributed by atoms with Gasteiger partial charge in [0.25, 0.3) is 11.8 Å². The monoisotopic (exact) mass is 461 g/mol. The van der Waals surface area contributed by atoms with E-state index in [4.69, 9.17) is 11.6 Å². The van der Waals surface area contributed by atoms with Crippen LogP contribution in [0.1, 0.15) is 43.9 Å². The van der Waals surface area contributed by atoms with E-state index in [0.29, 0.717) is 27.3 Å². The zero-order valence-electron chi connectivity index (χ0n) is 17.5. The Hall–Kier alpha value is -3.77. The van der Waals surface area contributed by atoms with E-state index in [1.807, 2.05) is 0 Å². The SMILES string of the molecule is O=C(CC(CCN1C(=O)c2ccccc2C1=O)C(=O)O)c1ccccc1-c1ccc(Cl)cc1. The lowest BCUT2D eigenvalue weighted by atomic mass is 9.91. The molecule has 0 spiro atoms. The maximum Gasteiger partial charge on any atom is 0.307 e. The molecule has 0 saturated heterocycles. The number of hydrogen-bond acceptors (Lipinski definition) is 4. The highest BCUT2D eigenvalue weighted by molar-refractivity contribution is 6.30. The van der Waals surface area contributed by atoms with E-state index in [2.05, 4.69) is 0 Å². The minimum Gasteiger partial charge on any atom is -0.481 e. The molecule has 0 saturated carbocycles. The normalized spacial score (nSPS) is 13.7. The number of aliphatic carboxylic acids is 1. The molecule has 1 N–H and O–H groups in total. The molecule has 0 fully saturated rings. The van der Waals surface area contributed by atoms with Gasteiger partial charge in [-0.2, -0.15) is 0 Å². The molecule has 0 aliphatic carbocycles. The Balaban J connectivity index is 1.49. The summed E-state index contributed by atoms with van der Waals surface area (Å²) in [6.07, 6.45) is -0.265. The molecule has 33 heavy (non-hydrogen) atoms. The summed E-state index contributed by atoms with van der Waals surface area (Å²) in [5.41, 5.74) is 2.50. The predicted molar refractivity (Wildman–Crippen MR) is 123 cm³/mol. The van der Waals surface area contributed by atoms with Gasteiger partial charge in [-0.3, -0.25) is 24.1 Å². The summed E-state index contributed by atoms with van der Waals surface area (Å²) < 4.78 is 0. The second-order valence-electron chi connectivity index (χ2n) is 7.81. The molecule has 0 radical (unpaired) electrons. The molecule has 3 aromatic rings. The van der Waals surface area contributed by atoms with Gasteiger partial charge in [-0.15, -0.1) is 0 Å². The standard InChI is InChI=1S/C26H20ClNO5/c27-18-11-9-16(10-12-18)19-5-1-2-6-20(19)23(29)15-17(26(32)33)13-14-28-24(30)21-7-3-4-8-22(21)25(28)31/h1-12,17H,13-15H2,(H,32,33). The van der Waals surface area contributed by atoms with Crippen LogP contribution in [0.15, 0.2) is 72.8 Å². The van der Waals surface area contributed by atoms with Gasteiger partial charge >= 0.3 is 5.97 Å². The lowest BCUT2D eigenvalue weighted by molar-refractivity contribution is -0.142. The van der Waals surface area contributed by atoms with Crippen LogP contribution in [-0.2, 0) is 4.79 Å². The van der Waals surface area contributed by atoms with Gasteiger partial charge in [-0.05, 0) is 41.8 Å². The average molecular weight is 462 g/mol. The van der Waals surface area contributed by atoms with Crippen LogP contribution in [0.5, 0.6) is 0 Å². The van der Waals surface area contributed by atoms with Crippen molar-refractivity contribution >= 4 is 35.2 Å². The number of carbonyl (C=O) groups is 4. The maximum absolute atomic E-state index is 13.1. The Morgan fingerprint density at radius 1 is 0.818 bits per heavy atom. The van der Waals surface area contributed by atoms with Gasteiger partial charge in [0.1, 0.15) is 0 Å². The second-order valence-corrected chi connectivity index (χ2v) is 8.25. The number of hydrogen-bond donors (Lipinski definition) is 1. The highest BCUT2D eigenvalue weighted by Crippen LogP contribution is 2.28. The third kappa shape index (κ3) is 4.56. The van der Waals surface area contributed by atoms with E-state index in [0.717, 1.165) is 10.5 Å². The molecule has 6 nitrogen and oxygen atoms in total. The lowest BCUT2D eigenvalue weighted by Crippen LogP contribution is -2.33. The van der Waals surface area contributed by atoms with Gasteiger partial charge in [0.2, 0.25) is 0 Å². The number of rotatable bonds is 8. The van der Waals surface area contributed by atoms with Crippen molar-refractivity contribution in [2.24, 2.45) is 5.92 Å². The fraction of sp³-hybridized carbons (Fsp3) is 0.154. The van der Waals surface area contributed by atoms with Crippen molar-refractivity contribution < 1.29 is 24.3 Å². The summed E-state index contributed by atoms with van der Waals surface area (Å²) in [5.74, 6) is -3.40. The molecule has 1 atom stereocenters. The van der Waals surface area contributed by atoms with Crippen LogP contribution in [-0.4, -0.2) is 40.1 Å². The first-order chi connectivity index (χ1) is 15.9. The second kappa shape index (κ2) is 9.38. The molecule has 4 rings (SSSR count). The van der Waals surface area contributed by atoms with Crippen molar-refractivity contribution in [2.75, 3.05) is 6.54 Å². The number of benzene rings is 3. The first kappa shape index (κ1) is 22.4. The fourth-order valence-corrected chi connectivity index (χ4v) is 4.11. The molecule has 1 aliphatic rings. The largest absolute Gasteiger partial charge is 0.481 e. The number of carboxylic acids is 1. The molecule has 3 aromatic carbocycles. The van der Waals surface area contributed by atoms with Gasteiger partial charge in [0.15, 0.2) is 5.78 Å². The van der Waals surface area contributed by atoms with E-state index in [-0.39, 0.29) is 25.2 Å². The third-order valence-electron chi connectivity index (χ3n) is 5.74. The third-order valence-corrected chi connectivity index (χ3v) is 6.00. The number of ketones is 1. The van der Waals surface area contributed by atoms with Gasteiger partial charge in [-0.25, -0.2) is 0 Å². The van der Waals surface area contributed by atoms with Crippen molar-refractivity contribution in [3.8, 4) is 11.1 Å². The Morgan fingerprint density at radius 2 is 1.36 bits per heavy atom. The molecule has 1 aliphatic heterocycles. The van der Waals surface area contributed by atoms with Crippen molar-refractivity contribution in [3.63, 3.8) is 0 Å². The number of carboxylic acid groups (broad SMARTS) is 1. The molecule has 0 aromatic heterocycles. The zero-order chi connectivity index (χ0) is 23.5. The average Bonchev–Trinajstić information content (AvgIpc) is 3.06. The summed E-state index contributed by atoms with van der Waals surface area (Å²) in [6, 6.07) is 20.5. The van der Waals surface area contributed by atoms with Crippen molar-refractivity contribution in [1.29, 1.82) is 0 Å². The summed E-state index contributed by atoms with van der Waals surface area (Å²) in [7, 11) is 0. The summed E-state index contributed by atoms with van der Waals surface area (Å²) >= 11 is 5.96. The number of nitrogens with zero attached hydrogens (tertiary/aromatic N) is 1. The number of carbonyl (C=O) groups excluding carboxylic acids is 3. The number of imide groups is 1. The molecule has 166 valence electrons. The number of amides is 2. The molecule has 7 heteroatoms. The zero-order valence-corrected chi connectivity index (χ0v) is 18.3. The van der Waals surface area contributed by atoms with E-state index in [9.17, 15) is 24.3 Å². The highest BCUT2D eigenvalue weighted by Gasteiger charge is 2.36. The van der Waals surface area contributed by atoms with Crippen LogP contribution in [0.3, 0.4) is 0 Å². The van der Waals surface area contributed by atoms with Crippen molar-refractivity contribution in [3.05, 3.63) is 94.5 Å². The highest BCUT2D eigenvalue weighted by atomic mass is 35.5. The van der Waals surface area contributed by atoms with Crippen molar-refractivity contribution in [1.82, 2.24) is 4.90 Å². The predicted octanol–water partition coefficient (Wildman–Crippen LogP) is 4.97. The number of halogens is 1. The summed E-state index contributed by atoms with van der Waals surface area (Å²) in [4.78, 5) is 51.1. The first-order valence-electron chi connectivity index (χ1n) is 10.4. The van der Waals surface area contributed by atoms with Crippen LogP contribution in [0.2, 0.25) is 5.02 Å². The number of Topliss-reactive ketones (excluding diaryl/α,β-unsaturated/α-hetero) is 1. The Kier molecular flexibility index (Phi) is 6.38. The summed E-state index contributed by atoms with van der Waals surface area (Å²) in [6.45, 7) is -0.0740. The van der Waals surface area contributed by atoms with E-state index >= 15 is 0 Å². The molecular formula is C26H20ClNO5. The Morgan fingerprint density at radius 3 is 1.94 bits per heavy atom. The fourth-order valence-electron chi connectivity index (χ4n) is 3.98. The lowest BCUT2D eigenvalue weighted by Gasteiger charge is -2.18. The molecule has 2 amide bonds.